The molecular weight excluding hydrogens is 558 g/mol. The summed E-state index contributed by atoms with van der Waals surface area (Å²) in [7, 11) is 0. The summed E-state index contributed by atoms with van der Waals surface area (Å²) < 4.78 is 5.31. The molecule has 0 unspecified atom stereocenters. The summed E-state index contributed by atoms with van der Waals surface area (Å²) >= 11 is 0. The van der Waals surface area contributed by atoms with Crippen LogP contribution in [0, 0.1) is 5.92 Å². The Kier molecular flexibility index (Phi) is 14.3. The molecule has 0 spiro atoms. The first-order valence-corrected chi connectivity index (χ1v) is 13.9. The number of ether oxygens (including phenoxy) is 1. The van der Waals surface area contributed by atoms with Crippen LogP contribution in [0.15, 0.2) is 60.7 Å². The van der Waals surface area contributed by atoms with Crippen molar-refractivity contribution in [1.29, 1.82) is 0 Å². The maximum atomic E-state index is 13.4. The number of nitrogens with two attached hydrogens (primary N) is 1. The molecule has 0 aliphatic heterocycles. The molecule has 0 aliphatic rings. The molecule has 234 valence electrons. The van der Waals surface area contributed by atoms with Crippen molar-refractivity contribution in [2.75, 3.05) is 13.2 Å². The fourth-order valence-corrected chi connectivity index (χ4v) is 3.89. The van der Waals surface area contributed by atoms with E-state index in [0.717, 1.165) is 11.1 Å². The first-order valence-electron chi connectivity index (χ1n) is 13.9. The molecule has 2 aromatic rings. The van der Waals surface area contributed by atoms with Crippen molar-refractivity contribution in [3.05, 3.63) is 71.8 Å². The Morgan fingerprint density at radius 1 is 0.698 bits per heavy atom. The number of amides is 4. The number of aliphatic hydroxyl groups excluding tert-OH is 2. The predicted molar refractivity (Wildman–Crippen MR) is 157 cm³/mol. The predicted octanol–water partition coefficient (Wildman–Crippen LogP) is -1.10. The van der Waals surface area contributed by atoms with Gasteiger partial charge in [-0.15, -0.1) is 0 Å². The summed E-state index contributed by atoms with van der Waals surface area (Å²) in [6.07, 6.45) is 0.0807. The van der Waals surface area contributed by atoms with E-state index in [2.05, 4.69) is 21.3 Å². The van der Waals surface area contributed by atoms with Crippen molar-refractivity contribution < 1.29 is 38.9 Å². The Balaban J connectivity index is 2.13. The van der Waals surface area contributed by atoms with Crippen molar-refractivity contribution in [2.45, 2.75) is 64.0 Å². The molecule has 43 heavy (non-hydrogen) atoms. The van der Waals surface area contributed by atoms with Gasteiger partial charge in [0, 0.05) is 6.42 Å². The zero-order valence-corrected chi connectivity index (χ0v) is 24.5. The second kappa shape index (κ2) is 17.6. The first-order chi connectivity index (χ1) is 20.5. The van der Waals surface area contributed by atoms with Crippen molar-refractivity contribution in [3.8, 4) is 0 Å². The van der Waals surface area contributed by atoms with Crippen molar-refractivity contribution >= 4 is 29.6 Å². The molecule has 2 aromatic carbocycles. The van der Waals surface area contributed by atoms with Gasteiger partial charge in [-0.25, -0.2) is 4.79 Å². The highest BCUT2D eigenvalue weighted by Gasteiger charge is 2.32. The lowest BCUT2D eigenvalue weighted by Crippen LogP contribution is -2.60. The van der Waals surface area contributed by atoms with E-state index in [0.29, 0.717) is 0 Å². The van der Waals surface area contributed by atoms with Gasteiger partial charge in [0.25, 0.3) is 0 Å². The van der Waals surface area contributed by atoms with Crippen LogP contribution < -0.4 is 27.0 Å². The molecule has 0 bridgehead atoms. The molecule has 0 saturated heterocycles. The largest absolute Gasteiger partial charge is 0.459 e. The molecule has 0 fully saturated rings. The highest BCUT2D eigenvalue weighted by Crippen LogP contribution is 2.08. The third-order valence-electron chi connectivity index (χ3n) is 6.45. The van der Waals surface area contributed by atoms with Crippen LogP contribution in [0.25, 0.3) is 0 Å². The maximum Gasteiger partial charge on any atom is 0.328 e. The Bertz CT molecular complexity index is 1210. The van der Waals surface area contributed by atoms with Crippen LogP contribution in [-0.4, -0.2) is 83.2 Å². The molecule has 8 N–H and O–H groups in total. The minimum absolute atomic E-state index is 0.0288. The first kappa shape index (κ1) is 34.9. The van der Waals surface area contributed by atoms with Gasteiger partial charge in [-0.1, -0.05) is 74.5 Å². The van der Waals surface area contributed by atoms with Gasteiger partial charge in [0.1, 0.15) is 36.8 Å². The van der Waals surface area contributed by atoms with E-state index >= 15 is 0 Å². The summed E-state index contributed by atoms with van der Waals surface area (Å²) in [4.78, 5) is 64.1. The molecule has 13 nitrogen and oxygen atoms in total. The van der Waals surface area contributed by atoms with Crippen LogP contribution in [0.2, 0.25) is 0 Å². The highest BCUT2D eigenvalue weighted by atomic mass is 16.5. The Labute approximate surface area is 250 Å². The Hall–Kier alpha value is -4.33. The summed E-state index contributed by atoms with van der Waals surface area (Å²) in [5, 5.41) is 28.6. The number of aliphatic hydroxyl groups is 2. The maximum absolute atomic E-state index is 13.4. The van der Waals surface area contributed by atoms with E-state index in [9.17, 15) is 29.1 Å². The molecular formula is C30H41N5O8. The summed E-state index contributed by atoms with van der Waals surface area (Å²) in [6, 6.07) is 11.9. The van der Waals surface area contributed by atoms with E-state index in [1.54, 1.807) is 56.3 Å². The van der Waals surface area contributed by atoms with Gasteiger partial charge < -0.3 is 42.0 Å². The number of hydrogen-bond acceptors (Lipinski definition) is 9. The van der Waals surface area contributed by atoms with E-state index < -0.39 is 78.9 Å². The minimum atomic E-state index is -1.44. The quantitative estimate of drug-likeness (QED) is 0.117. The van der Waals surface area contributed by atoms with E-state index in [-0.39, 0.29) is 13.0 Å². The van der Waals surface area contributed by atoms with E-state index in [4.69, 9.17) is 15.6 Å². The number of carbonyl (C=O) groups excluding carboxylic acids is 5. The molecule has 4 amide bonds. The Morgan fingerprint density at radius 3 is 1.77 bits per heavy atom. The summed E-state index contributed by atoms with van der Waals surface area (Å²) in [6.45, 7) is 3.36. The van der Waals surface area contributed by atoms with Crippen molar-refractivity contribution in [1.82, 2.24) is 21.3 Å². The zero-order valence-electron chi connectivity index (χ0n) is 24.5. The normalized spacial score (nSPS) is 14.4. The van der Waals surface area contributed by atoms with Crippen molar-refractivity contribution in [3.63, 3.8) is 0 Å². The average molecular weight is 600 g/mol. The third-order valence-corrected chi connectivity index (χ3v) is 6.45. The van der Waals surface area contributed by atoms with Gasteiger partial charge >= 0.3 is 5.97 Å². The molecule has 0 aliphatic carbocycles. The second-order valence-corrected chi connectivity index (χ2v) is 10.3. The van der Waals surface area contributed by atoms with Gasteiger partial charge in [0.2, 0.25) is 23.6 Å². The van der Waals surface area contributed by atoms with Crippen LogP contribution in [0.4, 0.5) is 0 Å². The Morgan fingerprint density at radius 2 is 1.23 bits per heavy atom. The fourth-order valence-electron chi connectivity index (χ4n) is 3.89. The van der Waals surface area contributed by atoms with Gasteiger partial charge in [-0.2, -0.15) is 0 Å². The highest BCUT2D eigenvalue weighted by molar-refractivity contribution is 5.95. The fraction of sp³-hybridized carbons (Fsp3) is 0.433. The topological polar surface area (TPSA) is 209 Å². The van der Waals surface area contributed by atoms with Crippen LogP contribution in [0.5, 0.6) is 0 Å². The second-order valence-electron chi connectivity index (χ2n) is 10.3. The molecule has 2 rings (SSSR count). The van der Waals surface area contributed by atoms with Gasteiger partial charge in [0.05, 0.1) is 13.2 Å². The molecule has 0 aromatic heterocycles. The SMILES string of the molecule is CC(C)[C@H](NC(=O)[C@H](CO)NC(=O)[C@@H](N)CO)C(=O)N[C@@H](Cc1ccccc1)C(=O)N[C@@H](C)C(=O)OCc1ccccc1. The van der Waals surface area contributed by atoms with E-state index in [1.807, 2.05) is 18.2 Å². The van der Waals surface area contributed by atoms with Crippen LogP contribution in [-0.2, 0) is 41.7 Å². The number of hydrogen-bond donors (Lipinski definition) is 7. The van der Waals surface area contributed by atoms with E-state index in [1.165, 1.54) is 6.92 Å². The lowest BCUT2D eigenvalue weighted by Gasteiger charge is -2.27. The number of nitrogens with one attached hydrogen (secondary N) is 4. The molecule has 5 atom stereocenters. The number of carbonyl (C=O) groups is 5. The molecule has 0 saturated carbocycles. The molecule has 0 heterocycles. The lowest BCUT2D eigenvalue weighted by atomic mass is 10.0. The number of benzene rings is 2. The number of rotatable bonds is 16. The zero-order chi connectivity index (χ0) is 31.9. The smallest absolute Gasteiger partial charge is 0.328 e. The van der Waals surface area contributed by atoms with Gasteiger partial charge in [-0.05, 0) is 24.0 Å². The lowest BCUT2D eigenvalue weighted by molar-refractivity contribution is -0.148. The molecule has 13 heteroatoms. The van der Waals surface area contributed by atoms with Crippen LogP contribution in [0.1, 0.15) is 31.9 Å². The monoisotopic (exact) mass is 599 g/mol. The minimum Gasteiger partial charge on any atom is -0.459 e. The standard InChI is InChI=1S/C30H41N5O8/c1-18(2)25(35-28(40)24(16-37)34-26(38)22(31)15-36)29(41)33-23(14-20-10-6-4-7-11-20)27(39)32-19(3)30(42)43-17-21-12-8-5-9-13-21/h4-13,18-19,22-25,36-37H,14-17,31H2,1-3H3,(H,32,39)(H,33,41)(H,34,38)(H,35,40)/t19-,22-,23-,24-,25-/m0/s1. The summed E-state index contributed by atoms with van der Waals surface area (Å²) in [5.41, 5.74) is 6.97. The van der Waals surface area contributed by atoms with Gasteiger partial charge in [0.15, 0.2) is 0 Å². The van der Waals surface area contributed by atoms with Crippen LogP contribution >= 0.6 is 0 Å². The van der Waals surface area contributed by atoms with Crippen LogP contribution in [0.3, 0.4) is 0 Å². The van der Waals surface area contributed by atoms with Crippen molar-refractivity contribution in [2.24, 2.45) is 11.7 Å². The summed E-state index contributed by atoms with van der Waals surface area (Å²) in [5.74, 6) is -4.20. The van der Waals surface area contributed by atoms with Gasteiger partial charge in [-0.3, -0.25) is 19.2 Å². The third kappa shape index (κ3) is 11.5. The number of esters is 1. The average Bonchev–Trinajstić information content (AvgIpc) is 3.00. The molecule has 0 radical (unpaired) electrons.